The molecule has 1 atom stereocenters. The van der Waals surface area contributed by atoms with Gasteiger partial charge in [-0.3, -0.25) is 14.6 Å². The second kappa shape index (κ2) is 6.83. The summed E-state index contributed by atoms with van der Waals surface area (Å²) in [5.41, 5.74) is 1.41. The molecule has 142 valence electrons. The SMILES string of the molecule is Cc1cccc(CN2CC[C@@]3(CCCN(C(=O)c4ccc(C)o4)C3)C2=O)n1. The molecule has 0 aromatic carbocycles. The zero-order valence-electron chi connectivity index (χ0n) is 15.9. The molecule has 0 unspecified atom stereocenters. The fourth-order valence-electron chi connectivity index (χ4n) is 4.32. The average Bonchev–Trinajstić information content (AvgIpc) is 3.21. The molecule has 1 spiro atoms. The van der Waals surface area contributed by atoms with Crippen molar-refractivity contribution in [3.05, 3.63) is 53.2 Å². The smallest absolute Gasteiger partial charge is 0.289 e. The minimum absolute atomic E-state index is 0.117. The summed E-state index contributed by atoms with van der Waals surface area (Å²) >= 11 is 0. The van der Waals surface area contributed by atoms with Crippen molar-refractivity contribution in [2.45, 2.75) is 39.7 Å². The molecule has 0 N–H and O–H groups in total. The largest absolute Gasteiger partial charge is 0.456 e. The van der Waals surface area contributed by atoms with Crippen molar-refractivity contribution in [1.29, 1.82) is 0 Å². The van der Waals surface area contributed by atoms with Crippen LogP contribution in [0.25, 0.3) is 0 Å². The monoisotopic (exact) mass is 367 g/mol. The third-order valence-corrected chi connectivity index (χ3v) is 5.72. The maximum atomic E-state index is 13.2. The molecule has 2 amide bonds. The minimum atomic E-state index is -0.459. The number of aromatic nitrogens is 1. The van der Waals surface area contributed by atoms with Gasteiger partial charge in [0.2, 0.25) is 5.91 Å². The highest BCUT2D eigenvalue weighted by molar-refractivity contribution is 5.93. The summed E-state index contributed by atoms with van der Waals surface area (Å²) in [4.78, 5) is 34.2. The van der Waals surface area contributed by atoms with Gasteiger partial charge in [0.1, 0.15) is 5.76 Å². The number of piperidine rings is 1. The van der Waals surface area contributed by atoms with E-state index in [0.717, 1.165) is 43.0 Å². The van der Waals surface area contributed by atoms with Crippen LogP contribution in [0.5, 0.6) is 0 Å². The molecule has 27 heavy (non-hydrogen) atoms. The molecule has 2 aromatic rings. The standard InChI is InChI=1S/C21H25N3O3/c1-15-5-3-6-17(22-15)13-23-12-10-21(20(23)26)9-4-11-24(14-21)19(25)18-8-7-16(2)27-18/h3,5-8H,4,9-14H2,1-2H3/t21-/m1/s1. The van der Waals surface area contributed by atoms with Gasteiger partial charge in [-0.25, -0.2) is 0 Å². The van der Waals surface area contributed by atoms with Crippen LogP contribution in [-0.2, 0) is 11.3 Å². The van der Waals surface area contributed by atoms with E-state index in [2.05, 4.69) is 4.98 Å². The fourth-order valence-corrected chi connectivity index (χ4v) is 4.32. The van der Waals surface area contributed by atoms with Gasteiger partial charge in [0, 0.05) is 25.3 Å². The van der Waals surface area contributed by atoms with Crippen molar-refractivity contribution in [3.8, 4) is 0 Å². The van der Waals surface area contributed by atoms with Crippen molar-refractivity contribution in [1.82, 2.24) is 14.8 Å². The van der Waals surface area contributed by atoms with Crippen LogP contribution in [0.3, 0.4) is 0 Å². The predicted molar refractivity (Wildman–Crippen MR) is 100 cm³/mol. The summed E-state index contributed by atoms with van der Waals surface area (Å²) < 4.78 is 5.49. The van der Waals surface area contributed by atoms with Crippen LogP contribution < -0.4 is 0 Å². The van der Waals surface area contributed by atoms with Crippen LogP contribution in [0.2, 0.25) is 0 Å². The Kier molecular flexibility index (Phi) is 4.50. The highest BCUT2D eigenvalue weighted by atomic mass is 16.3. The number of carbonyl (C=O) groups excluding carboxylic acids is 2. The normalized spacial score (nSPS) is 22.7. The molecule has 0 aliphatic carbocycles. The van der Waals surface area contributed by atoms with Gasteiger partial charge in [-0.15, -0.1) is 0 Å². The highest BCUT2D eigenvalue weighted by Gasteiger charge is 2.49. The highest BCUT2D eigenvalue weighted by Crippen LogP contribution is 2.41. The zero-order valence-corrected chi connectivity index (χ0v) is 15.9. The second-order valence-electron chi connectivity index (χ2n) is 7.77. The van der Waals surface area contributed by atoms with Gasteiger partial charge in [0.15, 0.2) is 5.76 Å². The molecular formula is C21H25N3O3. The number of likely N-dealkylation sites (tertiary alicyclic amines) is 2. The second-order valence-corrected chi connectivity index (χ2v) is 7.77. The molecule has 2 aliphatic heterocycles. The minimum Gasteiger partial charge on any atom is -0.456 e. The van der Waals surface area contributed by atoms with Crippen molar-refractivity contribution < 1.29 is 14.0 Å². The lowest BCUT2D eigenvalue weighted by Gasteiger charge is -2.38. The lowest BCUT2D eigenvalue weighted by atomic mass is 9.78. The summed E-state index contributed by atoms with van der Waals surface area (Å²) in [6.45, 7) is 6.18. The fraction of sp³-hybridized carbons (Fsp3) is 0.476. The molecule has 6 nitrogen and oxygen atoms in total. The number of aryl methyl sites for hydroxylation is 2. The van der Waals surface area contributed by atoms with Crippen molar-refractivity contribution >= 4 is 11.8 Å². The van der Waals surface area contributed by atoms with Gasteiger partial charge in [0.25, 0.3) is 5.91 Å². The molecule has 0 radical (unpaired) electrons. The van der Waals surface area contributed by atoms with Gasteiger partial charge in [-0.05, 0) is 57.4 Å². The molecule has 2 fully saturated rings. The Morgan fingerprint density at radius 2 is 2.04 bits per heavy atom. The van der Waals surface area contributed by atoms with Gasteiger partial charge >= 0.3 is 0 Å². The van der Waals surface area contributed by atoms with Crippen LogP contribution in [0.4, 0.5) is 0 Å². The molecule has 4 rings (SSSR count). The van der Waals surface area contributed by atoms with E-state index < -0.39 is 5.41 Å². The maximum absolute atomic E-state index is 13.2. The molecular weight excluding hydrogens is 342 g/mol. The van der Waals surface area contributed by atoms with Crippen LogP contribution in [0.1, 0.15) is 47.0 Å². The summed E-state index contributed by atoms with van der Waals surface area (Å²) in [6, 6.07) is 9.40. The van der Waals surface area contributed by atoms with E-state index in [-0.39, 0.29) is 11.8 Å². The number of hydrogen-bond donors (Lipinski definition) is 0. The maximum Gasteiger partial charge on any atom is 0.289 e. The first kappa shape index (κ1) is 17.8. The zero-order chi connectivity index (χ0) is 19.0. The van der Waals surface area contributed by atoms with E-state index >= 15 is 0 Å². The van der Waals surface area contributed by atoms with E-state index in [1.54, 1.807) is 17.0 Å². The Balaban J connectivity index is 1.48. The molecule has 0 bridgehead atoms. The lowest BCUT2D eigenvalue weighted by molar-refractivity contribution is -0.138. The Hall–Kier alpha value is -2.63. The van der Waals surface area contributed by atoms with E-state index in [1.165, 1.54) is 0 Å². The molecule has 0 saturated carbocycles. The van der Waals surface area contributed by atoms with E-state index in [4.69, 9.17) is 4.42 Å². The quantitative estimate of drug-likeness (QED) is 0.837. The number of pyridine rings is 1. The Bertz CT molecular complexity index is 875. The first-order chi connectivity index (χ1) is 13.0. The van der Waals surface area contributed by atoms with Crippen molar-refractivity contribution in [2.24, 2.45) is 5.41 Å². The number of carbonyl (C=O) groups is 2. The predicted octanol–water partition coefficient (Wildman–Crippen LogP) is 2.95. The lowest BCUT2D eigenvalue weighted by Crippen LogP contribution is -2.49. The summed E-state index contributed by atoms with van der Waals surface area (Å²) in [5.74, 6) is 1.11. The molecule has 2 aliphatic rings. The van der Waals surface area contributed by atoms with Crippen LogP contribution in [0, 0.1) is 19.3 Å². The summed E-state index contributed by atoms with van der Waals surface area (Å²) in [6.07, 6.45) is 2.47. The van der Waals surface area contributed by atoms with Crippen LogP contribution in [0.15, 0.2) is 34.7 Å². The van der Waals surface area contributed by atoms with Gasteiger partial charge in [0.05, 0.1) is 17.7 Å². The Labute approximate surface area is 159 Å². The third-order valence-electron chi connectivity index (χ3n) is 5.72. The van der Waals surface area contributed by atoms with Crippen LogP contribution >= 0.6 is 0 Å². The molecule has 4 heterocycles. The first-order valence-electron chi connectivity index (χ1n) is 9.54. The van der Waals surface area contributed by atoms with Gasteiger partial charge in [-0.2, -0.15) is 0 Å². The molecule has 6 heteroatoms. The number of rotatable bonds is 3. The number of amides is 2. The number of furan rings is 1. The van der Waals surface area contributed by atoms with E-state index in [1.807, 2.05) is 36.9 Å². The summed E-state index contributed by atoms with van der Waals surface area (Å²) in [7, 11) is 0. The van der Waals surface area contributed by atoms with Crippen molar-refractivity contribution in [3.63, 3.8) is 0 Å². The topological polar surface area (TPSA) is 66.7 Å². The van der Waals surface area contributed by atoms with Crippen molar-refractivity contribution in [2.75, 3.05) is 19.6 Å². The average molecular weight is 367 g/mol. The van der Waals surface area contributed by atoms with E-state index in [9.17, 15) is 9.59 Å². The van der Waals surface area contributed by atoms with Gasteiger partial charge in [-0.1, -0.05) is 6.07 Å². The number of nitrogens with zero attached hydrogens (tertiary/aromatic N) is 3. The van der Waals surface area contributed by atoms with Crippen LogP contribution in [-0.4, -0.2) is 46.2 Å². The Morgan fingerprint density at radius 1 is 1.19 bits per heavy atom. The molecule has 2 saturated heterocycles. The van der Waals surface area contributed by atoms with Gasteiger partial charge < -0.3 is 14.2 Å². The third kappa shape index (κ3) is 3.36. The van der Waals surface area contributed by atoms with E-state index in [0.29, 0.717) is 25.4 Å². The first-order valence-corrected chi connectivity index (χ1v) is 9.54. The Morgan fingerprint density at radius 3 is 2.78 bits per heavy atom. The molecule has 2 aromatic heterocycles. The summed E-state index contributed by atoms with van der Waals surface area (Å²) in [5, 5.41) is 0. The number of hydrogen-bond acceptors (Lipinski definition) is 4.